The average molecular weight is 236 g/mol. The van der Waals surface area contributed by atoms with Gasteiger partial charge in [-0.1, -0.05) is 47.1 Å². The number of aryl methyl sites for hydroxylation is 1. The molecule has 0 spiro atoms. The zero-order valence-electron chi connectivity index (χ0n) is 8.27. The van der Waals surface area contributed by atoms with Crippen LogP contribution in [0.5, 0.6) is 0 Å². The van der Waals surface area contributed by atoms with Crippen LogP contribution in [0.15, 0.2) is 52.4 Å². The van der Waals surface area contributed by atoms with E-state index in [2.05, 4.69) is 36.2 Å². The van der Waals surface area contributed by atoms with E-state index in [1.807, 2.05) is 12.1 Å². The van der Waals surface area contributed by atoms with Gasteiger partial charge < -0.3 is 0 Å². The van der Waals surface area contributed by atoms with Gasteiger partial charge in [-0.3, -0.25) is 0 Å². The van der Waals surface area contributed by atoms with E-state index in [0.29, 0.717) is 5.15 Å². The Morgan fingerprint density at radius 2 is 1.80 bits per heavy atom. The normalized spacial score (nSPS) is 10.3. The molecular weight excluding hydrogens is 226 g/mol. The highest BCUT2D eigenvalue weighted by molar-refractivity contribution is 7.99. The first-order chi connectivity index (χ1) is 7.24. The van der Waals surface area contributed by atoms with Crippen LogP contribution < -0.4 is 0 Å². The molecule has 15 heavy (non-hydrogen) atoms. The molecule has 0 saturated heterocycles. The number of rotatable bonds is 2. The van der Waals surface area contributed by atoms with Gasteiger partial charge >= 0.3 is 0 Å². The van der Waals surface area contributed by atoms with E-state index in [1.165, 1.54) is 10.5 Å². The summed E-state index contributed by atoms with van der Waals surface area (Å²) in [5, 5.41) is 1.46. The third-order valence-electron chi connectivity index (χ3n) is 1.93. The average Bonchev–Trinajstić information content (AvgIpc) is 2.22. The molecule has 0 fully saturated rings. The largest absolute Gasteiger partial charge is 0.229 e. The molecule has 1 nitrogen and oxygen atoms in total. The van der Waals surface area contributed by atoms with Crippen LogP contribution in [0.3, 0.4) is 0 Å². The van der Waals surface area contributed by atoms with Crippen molar-refractivity contribution in [3.05, 3.63) is 53.2 Å². The number of aromatic nitrogens is 1. The third-order valence-corrected chi connectivity index (χ3v) is 3.09. The molecule has 1 heterocycles. The Kier molecular flexibility index (Phi) is 3.29. The Hall–Kier alpha value is -0.990. The standard InChI is InChI=1S/C12H10ClNS/c1-9-5-7-10(8-6-9)15-12-4-2-3-11(13)14-12/h2-8H,1H3. The van der Waals surface area contributed by atoms with E-state index in [9.17, 15) is 0 Å². The molecule has 1 aromatic carbocycles. The number of halogens is 1. The van der Waals surface area contributed by atoms with Crippen LogP contribution in [0.4, 0.5) is 0 Å². The molecule has 0 aliphatic rings. The molecule has 0 amide bonds. The van der Waals surface area contributed by atoms with Crippen LogP contribution in [0, 0.1) is 6.92 Å². The fraction of sp³-hybridized carbons (Fsp3) is 0.0833. The lowest BCUT2D eigenvalue weighted by Gasteiger charge is -2.01. The molecule has 0 aliphatic carbocycles. The van der Waals surface area contributed by atoms with E-state index >= 15 is 0 Å². The lowest BCUT2D eigenvalue weighted by Crippen LogP contribution is -1.80. The van der Waals surface area contributed by atoms with Crippen molar-refractivity contribution in [2.24, 2.45) is 0 Å². The smallest absolute Gasteiger partial charge is 0.130 e. The molecule has 0 unspecified atom stereocenters. The summed E-state index contributed by atoms with van der Waals surface area (Å²) in [4.78, 5) is 5.40. The topological polar surface area (TPSA) is 12.9 Å². The van der Waals surface area contributed by atoms with Crippen molar-refractivity contribution < 1.29 is 0 Å². The van der Waals surface area contributed by atoms with Crippen LogP contribution in [0.25, 0.3) is 0 Å². The van der Waals surface area contributed by atoms with Crippen LogP contribution in [0.1, 0.15) is 5.56 Å². The van der Waals surface area contributed by atoms with Crippen molar-refractivity contribution in [1.29, 1.82) is 0 Å². The molecule has 3 heteroatoms. The summed E-state index contributed by atoms with van der Waals surface area (Å²) in [6, 6.07) is 14.0. The highest BCUT2D eigenvalue weighted by Crippen LogP contribution is 2.26. The summed E-state index contributed by atoms with van der Waals surface area (Å²) < 4.78 is 0. The van der Waals surface area contributed by atoms with Gasteiger partial charge in [-0.15, -0.1) is 0 Å². The highest BCUT2D eigenvalue weighted by atomic mass is 35.5. The lowest BCUT2D eigenvalue weighted by molar-refractivity contribution is 1.13. The molecule has 0 N–H and O–H groups in total. The van der Waals surface area contributed by atoms with Crippen molar-refractivity contribution in [3.8, 4) is 0 Å². The number of nitrogens with zero attached hydrogens (tertiary/aromatic N) is 1. The fourth-order valence-corrected chi connectivity index (χ4v) is 2.19. The van der Waals surface area contributed by atoms with Crippen molar-refractivity contribution in [2.45, 2.75) is 16.8 Å². The summed E-state index contributed by atoms with van der Waals surface area (Å²) >= 11 is 7.43. The maximum Gasteiger partial charge on any atom is 0.130 e. The second-order valence-electron chi connectivity index (χ2n) is 3.21. The minimum Gasteiger partial charge on any atom is -0.229 e. The van der Waals surface area contributed by atoms with Crippen molar-refractivity contribution in [2.75, 3.05) is 0 Å². The molecular formula is C12H10ClNS. The summed E-state index contributed by atoms with van der Waals surface area (Å²) in [6.45, 7) is 2.08. The van der Waals surface area contributed by atoms with Crippen LogP contribution >= 0.6 is 23.4 Å². The molecule has 0 saturated carbocycles. The summed E-state index contributed by atoms with van der Waals surface area (Å²) in [5.41, 5.74) is 1.26. The number of hydrogen-bond acceptors (Lipinski definition) is 2. The monoisotopic (exact) mass is 235 g/mol. The van der Waals surface area contributed by atoms with Crippen molar-refractivity contribution in [3.63, 3.8) is 0 Å². The van der Waals surface area contributed by atoms with Gasteiger partial charge in [0.1, 0.15) is 10.2 Å². The fourth-order valence-electron chi connectivity index (χ4n) is 1.17. The molecule has 0 bridgehead atoms. The first-order valence-electron chi connectivity index (χ1n) is 4.61. The van der Waals surface area contributed by atoms with Gasteiger partial charge in [0, 0.05) is 4.90 Å². The zero-order chi connectivity index (χ0) is 10.7. The lowest BCUT2D eigenvalue weighted by atomic mass is 10.2. The van der Waals surface area contributed by atoms with E-state index in [4.69, 9.17) is 11.6 Å². The Labute approximate surface area is 98.5 Å². The molecule has 2 rings (SSSR count). The predicted molar refractivity (Wildman–Crippen MR) is 64.5 cm³/mol. The molecule has 1 aromatic heterocycles. The van der Waals surface area contributed by atoms with Gasteiger partial charge in [-0.05, 0) is 31.2 Å². The molecule has 0 aliphatic heterocycles. The zero-order valence-corrected chi connectivity index (χ0v) is 9.85. The highest BCUT2D eigenvalue weighted by Gasteiger charge is 1.98. The Morgan fingerprint density at radius 3 is 2.47 bits per heavy atom. The third kappa shape index (κ3) is 2.98. The van der Waals surface area contributed by atoms with Crippen molar-refractivity contribution in [1.82, 2.24) is 4.98 Å². The van der Waals surface area contributed by atoms with Crippen LogP contribution in [-0.4, -0.2) is 4.98 Å². The first-order valence-corrected chi connectivity index (χ1v) is 5.80. The minimum atomic E-state index is 0.534. The number of pyridine rings is 1. The summed E-state index contributed by atoms with van der Waals surface area (Å²) in [5.74, 6) is 0. The Balaban J connectivity index is 2.18. The Bertz CT molecular complexity index is 453. The molecule has 2 aromatic rings. The first kappa shape index (κ1) is 10.5. The minimum absolute atomic E-state index is 0.534. The number of hydrogen-bond donors (Lipinski definition) is 0. The Morgan fingerprint density at radius 1 is 1.07 bits per heavy atom. The molecule has 76 valence electrons. The van der Waals surface area contributed by atoms with Gasteiger partial charge in [0.15, 0.2) is 0 Å². The van der Waals surface area contributed by atoms with Gasteiger partial charge in [0.05, 0.1) is 0 Å². The van der Waals surface area contributed by atoms with E-state index in [-0.39, 0.29) is 0 Å². The van der Waals surface area contributed by atoms with Crippen molar-refractivity contribution >= 4 is 23.4 Å². The van der Waals surface area contributed by atoms with Gasteiger partial charge in [-0.2, -0.15) is 0 Å². The molecule has 0 radical (unpaired) electrons. The van der Waals surface area contributed by atoms with Gasteiger partial charge in [0.2, 0.25) is 0 Å². The van der Waals surface area contributed by atoms with Gasteiger partial charge in [-0.25, -0.2) is 4.98 Å². The number of benzene rings is 1. The van der Waals surface area contributed by atoms with E-state index in [0.717, 1.165) is 5.03 Å². The van der Waals surface area contributed by atoms with E-state index in [1.54, 1.807) is 17.8 Å². The molecule has 0 atom stereocenters. The second-order valence-corrected chi connectivity index (χ2v) is 4.69. The summed E-state index contributed by atoms with van der Waals surface area (Å²) in [6.07, 6.45) is 0. The maximum atomic E-state index is 5.81. The van der Waals surface area contributed by atoms with Crippen LogP contribution in [-0.2, 0) is 0 Å². The maximum absolute atomic E-state index is 5.81. The van der Waals surface area contributed by atoms with E-state index < -0.39 is 0 Å². The quantitative estimate of drug-likeness (QED) is 0.724. The summed E-state index contributed by atoms with van der Waals surface area (Å²) in [7, 11) is 0. The van der Waals surface area contributed by atoms with Crippen LogP contribution in [0.2, 0.25) is 5.15 Å². The second kappa shape index (κ2) is 4.69. The SMILES string of the molecule is Cc1ccc(Sc2cccc(Cl)n2)cc1. The predicted octanol–water partition coefficient (Wildman–Crippen LogP) is 4.19. The van der Waals surface area contributed by atoms with Gasteiger partial charge in [0.25, 0.3) is 0 Å².